The molecule has 4 rings (SSSR count). The molecule has 0 N–H and O–H groups in total. The van der Waals surface area contributed by atoms with Crippen molar-refractivity contribution in [2.75, 3.05) is 13.6 Å². The zero-order valence-electron chi connectivity index (χ0n) is 31.8. The van der Waals surface area contributed by atoms with E-state index in [1.807, 2.05) is 0 Å². The van der Waals surface area contributed by atoms with E-state index in [1.165, 1.54) is 39.8 Å². The fourth-order valence-electron chi connectivity index (χ4n) is 8.66. The van der Waals surface area contributed by atoms with Gasteiger partial charge in [0.25, 0.3) is 0 Å². The van der Waals surface area contributed by atoms with Gasteiger partial charge < -0.3 is 4.90 Å². The van der Waals surface area contributed by atoms with Crippen LogP contribution in [0.1, 0.15) is 157 Å². The third-order valence-electron chi connectivity index (χ3n) is 11.4. The molecule has 0 saturated carbocycles. The van der Waals surface area contributed by atoms with Crippen molar-refractivity contribution in [2.45, 2.75) is 143 Å². The molecule has 5 unspecified atom stereocenters. The number of hydrogen-bond donors (Lipinski definition) is 0. The molecule has 0 bridgehead atoms. The summed E-state index contributed by atoms with van der Waals surface area (Å²) in [4.78, 5) is 17.6. The number of nitrogens with zero attached hydrogens (tertiary/aromatic N) is 2. The highest BCUT2D eigenvalue weighted by Crippen LogP contribution is 2.39. The van der Waals surface area contributed by atoms with Gasteiger partial charge in [0.2, 0.25) is 5.91 Å². The number of amides is 1. The average molecular weight is 651 g/mol. The van der Waals surface area contributed by atoms with Crippen LogP contribution in [-0.2, 0) is 17.9 Å². The van der Waals surface area contributed by atoms with Gasteiger partial charge >= 0.3 is 0 Å². The van der Waals surface area contributed by atoms with Crippen molar-refractivity contribution in [1.29, 1.82) is 0 Å². The molecule has 1 heterocycles. The zero-order valence-corrected chi connectivity index (χ0v) is 31.8. The molecule has 1 amide bonds. The number of rotatable bonds is 18. The molecular weight excluding hydrogens is 585 g/mol. The Morgan fingerprint density at radius 3 is 1.90 bits per heavy atom. The van der Waals surface area contributed by atoms with E-state index in [0.29, 0.717) is 53.9 Å². The van der Waals surface area contributed by atoms with E-state index in [0.717, 1.165) is 51.7 Å². The molecule has 5 atom stereocenters. The second kappa shape index (κ2) is 18.2. The summed E-state index contributed by atoms with van der Waals surface area (Å²) in [5, 5.41) is 0. The minimum atomic E-state index is 0.291. The molecule has 3 aromatic rings. The summed E-state index contributed by atoms with van der Waals surface area (Å²) in [6.07, 6.45) is 7.14. The third kappa shape index (κ3) is 9.84. The molecule has 1 aliphatic rings. The van der Waals surface area contributed by atoms with E-state index in [1.54, 1.807) is 0 Å². The first-order valence-electron chi connectivity index (χ1n) is 19.3. The van der Waals surface area contributed by atoms with Gasteiger partial charge in [0.1, 0.15) is 0 Å². The van der Waals surface area contributed by atoms with Crippen molar-refractivity contribution in [3.8, 4) is 0 Å². The van der Waals surface area contributed by atoms with Crippen molar-refractivity contribution in [1.82, 2.24) is 9.80 Å². The number of likely N-dealkylation sites (tertiary alicyclic amines) is 1. The van der Waals surface area contributed by atoms with Crippen LogP contribution in [0.25, 0.3) is 0 Å². The average Bonchev–Trinajstić information content (AvgIpc) is 3.50. The molecule has 0 aromatic heterocycles. The van der Waals surface area contributed by atoms with Crippen molar-refractivity contribution in [3.63, 3.8) is 0 Å². The largest absolute Gasteiger partial charge is 0.340 e. The predicted octanol–water partition coefficient (Wildman–Crippen LogP) is 11.7. The van der Waals surface area contributed by atoms with Crippen LogP contribution in [0.15, 0.2) is 72.8 Å². The quantitative estimate of drug-likeness (QED) is 0.137. The summed E-state index contributed by atoms with van der Waals surface area (Å²) in [7, 11) is 2.26. The molecule has 3 heteroatoms. The van der Waals surface area contributed by atoms with Crippen LogP contribution >= 0.6 is 0 Å². The van der Waals surface area contributed by atoms with Crippen LogP contribution < -0.4 is 0 Å². The third-order valence-corrected chi connectivity index (χ3v) is 11.4. The van der Waals surface area contributed by atoms with Gasteiger partial charge in [-0.25, -0.2) is 0 Å². The van der Waals surface area contributed by atoms with Gasteiger partial charge in [0, 0.05) is 32.1 Å². The van der Waals surface area contributed by atoms with Crippen LogP contribution in [0.5, 0.6) is 0 Å². The van der Waals surface area contributed by atoms with E-state index in [9.17, 15) is 4.79 Å². The summed E-state index contributed by atoms with van der Waals surface area (Å²) in [6, 6.07) is 28.2. The molecule has 1 fully saturated rings. The van der Waals surface area contributed by atoms with E-state index in [4.69, 9.17) is 0 Å². The minimum Gasteiger partial charge on any atom is -0.340 e. The summed E-state index contributed by atoms with van der Waals surface area (Å²) >= 11 is 0. The lowest BCUT2D eigenvalue weighted by Crippen LogP contribution is -2.37. The smallest absolute Gasteiger partial charge is 0.222 e. The van der Waals surface area contributed by atoms with Crippen LogP contribution in [0.3, 0.4) is 0 Å². The van der Waals surface area contributed by atoms with Crippen molar-refractivity contribution in [3.05, 3.63) is 106 Å². The number of hydrogen-bond acceptors (Lipinski definition) is 2. The van der Waals surface area contributed by atoms with E-state index >= 15 is 0 Å². The van der Waals surface area contributed by atoms with Crippen LogP contribution in [0, 0.1) is 11.8 Å². The van der Waals surface area contributed by atoms with E-state index < -0.39 is 0 Å². The van der Waals surface area contributed by atoms with Gasteiger partial charge in [0.15, 0.2) is 0 Å². The fourth-order valence-corrected chi connectivity index (χ4v) is 8.66. The molecular formula is C45H66N2O. The summed E-state index contributed by atoms with van der Waals surface area (Å²) in [5.41, 5.74) is 8.67. The van der Waals surface area contributed by atoms with E-state index in [2.05, 4.69) is 145 Å². The molecule has 3 nitrogen and oxygen atoms in total. The normalized spacial score (nSPS) is 16.9. The maximum Gasteiger partial charge on any atom is 0.222 e. The lowest BCUT2D eigenvalue weighted by Gasteiger charge is -2.33. The first-order chi connectivity index (χ1) is 23.1. The summed E-state index contributed by atoms with van der Waals surface area (Å²) in [5.74, 6) is 3.54. The Bertz CT molecular complexity index is 1390. The number of benzene rings is 3. The van der Waals surface area contributed by atoms with Gasteiger partial charge in [-0.05, 0) is 114 Å². The Labute approximate surface area is 294 Å². The molecule has 1 aliphatic heterocycles. The second-order valence-corrected chi connectivity index (χ2v) is 15.6. The molecule has 3 aromatic carbocycles. The lowest BCUT2D eigenvalue weighted by molar-refractivity contribution is -0.129. The Morgan fingerprint density at radius 2 is 1.33 bits per heavy atom. The highest BCUT2D eigenvalue weighted by molar-refractivity contribution is 5.78. The van der Waals surface area contributed by atoms with E-state index in [-0.39, 0.29) is 0 Å². The van der Waals surface area contributed by atoms with Gasteiger partial charge in [-0.3, -0.25) is 9.69 Å². The molecule has 262 valence electrons. The maximum absolute atomic E-state index is 13.0. The zero-order chi connectivity index (χ0) is 34.8. The molecule has 0 spiro atoms. The number of carbonyl (C=O) groups excluding carboxylic acids is 1. The Morgan fingerprint density at radius 1 is 0.708 bits per heavy atom. The topological polar surface area (TPSA) is 23.6 Å². The van der Waals surface area contributed by atoms with Gasteiger partial charge in [-0.2, -0.15) is 0 Å². The van der Waals surface area contributed by atoms with Crippen LogP contribution in [0.4, 0.5) is 0 Å². The Balaban J connectivity index is 1.69. The van der Waals surface area contributed by atoms with Gasteiger partial charge in [-0.1, -0.05) is 128 Å². The van der Waals surface area contributed by atoms with Gasteiger partial charge in [-0.15, -0.1) is 0 Å². The first-order valence-corrected chi connectivity index (χ1v) is 19.3. The van der Waals surface area contributed by atoms with Crippen LogP contribution in [-0.4, -0.2) is 35.3 Å². The van der Waals surface area contributed by atoms with Crippen molar-refractivity contribution in [2.24, 2.45) is 11.8 Å². The second-order valence-electron chi connectivity index (χ2n) is 15.6. The Hall–Kier alpha value is -2.91. The van der Waals surface area contributed by atoms with Crippen LogP contribution in [0.2, 0.25) is 0 Å². The van der Waals surface area contributed by atoms with Crippen molar-refractivity contribution < 1.29 is 4.79 Å². The molecule has 1 saturated heterocycles. The highest BCUT2D eigenvalue weighted by Gasteiger charge is 2.31. The Kier molecular flexibility index (Phi) is 14.4. The lowest BCUT2D eigenvalue weighted by atomic mass is 9.78. The predicted molar refractivity (Wildman–Crippen MR) is 206 cm³/mol. The standard InChI is InChI=1S/C45H66N2O/c1-10-41(47-26-16-19-45(47)48)29-39(27-34(8)36-20-22-37(23-21-36)42(11-2)32(4)5)38-24-25-44(43(12-3)33(6)7)40(28-38)31-46(9)30-35-17-14-13-15-18-35/h13-15,17-18,20-25,28,32-34,39,41-43H,10-12,16,19,26-27,29-31H2,1-9H3. The maximum atomic E-state index is 13.0. The summed E-state index contributed by atoms with van der Waals surface area (Å²) in [6.45, 7) is 21.5. The molecule has 0 aliphatic carbocycles. The minimum absolute atomic E-state index is 0.291. The van der Waals surface area contributed by atoms with Gasteiger partial charge in [0.05, 0.1) is 0 Å². The number of carbonyl (C=O) groups is 1. The fraction of sp³-hybridized carbons (Fsp3) is 0.578. The first kappa shape index (κ1) is 37.9. The van der Waals surface area contributed by atoms with Crippen molar-refractivity contribution >= 4 is 5.91 Å². The molecule has 0 radical (unpaired) electrons. The molecule has 48 heavy (non-hydrogen) atoms. The highest BCUT2D eigenvalue weighted by atomic mass is 16.2. The SMILES string of the molecule is CCC(c1ccc(C(C)CC(CC(CC)N2CCCC2=O)c2ccc(C(CC)C(C)C)c(CN(C)Cc3ccccc3)c2)cc1)C(C)C. The monoisotopic (exact) mass is 651 g/mol. The summed E-state index contributed by atoms with van der Waals surface area (Å²) < 4.78 is 0.